The van der Waals surface area contributed by atoms with Crippen LogP contribution in [-0.4, -0.2) is 23.8 Å². The molecule has 1 saturated heterocycles. The molecule has 0 unspecified atom stereocenters. The van der Waals surface area contributed by atoms with E-state index in [1.54, 1.807) is 0 Å². The van der Waals surface area contributed by atoms with E-state index in [9.17, 15) is 0 Å². The number of thiol groups is 1. The molecule has 3 rings (SSSR count). The van der Waals surface area contributed by atoms with Crippen LogP contribution in [0.3, 0.4) is 0 Å². The number of aliphatic imine (C=N–C) groups is 1. The van der Waals surface area contributed by atoms with Gasteiger partial charge >= 0.3 is 0 Å². The highest BCUT2D eigenvalue weighted by atomic mass is 79.9. The summed E-state index contributed by atoms with van der Waals surface area (Å²) in [5, 5.41) is 0. The minimum absolute atomic E-state index is 0.949. The summed E-state index contributed by atoms with van der Waals surface area (Å²) in [7, 11) is 0. The van der Waals surface area contributed by atoms with Gasteiger partial charge in [-0.3, -0.25) is 0 Å². The highest BCUT2D eigenvalue weighted by Gasteiger charge is 2.26. The number of fused-ring (bicyclic) bond motifs is 1. The second-order valence-electron chi connectivity index (χ2n) is 3.94. The normalized spacial score (nSPS) is 18.5. The molecule has 2 aliphatic heterocycles. The second-order valence-corrected chi connectivity index (χ2v) is 5.28. The van der Waals surface area contributed by atoms with E-state index in [0.717, 1.165) is 34.6 Å². The predicted molar refractivity (Wildman–Crippen MR) is 68.4 cm³/mol. The third-order valence-electron chi connectivity index (χ3n) is 3.00. The molecule has 0 aliphatic carbocycles. The quantitative estimate of drug-likeness (QED) is 0.724. The fourth-order valence-corrected chi connectivity index (χ4v) is 2.70. The summed E-state index contributed by atoms with van der Waals surface area (Å²) in [6.45, 7) is 2.32. The van der Waals surface area contributed by atoms with E-state index in [1.165, 1.54) is 17.8 Å². The van der Waals surface area contributed by atoms with Gasteiger partial charge in [-0.25, -0.2) is 4.99 Å². The van der Waals surface area contributed by atoms with Crippen LogP contribution < -0.4 is 0 Å². The van der Waals surface area contributed by atoms with Crippen molar-refractivity contribution in [3.63, 3.8) is 0 Å². The lowest BCUT2D eigenvalue weighted by atomic mass is 10.1. The van der Waals surface area contributed by atoms with Gasteiger partial charge in [0.05, 0.1) is 5.69 Å². The number of hydrogen-bond acceptors (Lipinski definition) is 3. The number of amidine groups is 1. The number of hydrogen-bond donors (Lipinski definition) is 1. The molecule has 2 nitrogen and oxygen atoms in total. The standard InChI is InChI=1S/C11H11BrN2S/c12-8-2-3-9(15)11-7(8)6-10(13-11)14-4-1-5-14/h2-3,15H,1,4-6H2. The van der Waals surface area contributed by atoms with Crippen LogP contribution in [0.2, 0.25) is 0 Å². The van der Waals surface area contributed by atoms with Gasteiger partial charge in [0.25, 0.3) is 0 Å². The summed E-state index contributed by atoms with van der Waals surface area (Å²) < 4.78 is 1.15. The Hall–Kier alpha value is -0.480. The molecule has 0 aromatic heterocycles. The Balaban J connectivity index is 2.00. The zero-order valence-electron chi connectivity index (χ0n) is 8.20. The molecule has 4 heteroatoms. The Morgan fingerprint density at radius 1 is 1.33 bits per heavy atom. The number of nitrogens with zero attached hydrogens (tertiary/aromatic N) is 2. The fraction of sp³-hybridized carbons (Fsp3) is 0.364. The van der Waals surface area contributed by atoms with E-state index in [0.29, 0.717) is 0 Å². The van der Waals surface area contributed by atoms with E-state index in [-0.39, 0.29) is 0 Å². The summed E-state index contributed by atoms with van der Waals surface area (Å²) >= 11 is 8.02. The molecule has 0 radical (unpaired) electrons. The minimum atomic E-state index is 0.949. The summed E-state index contributed by atoms with van der Waals surface area (Å²) in [6.07, 6.45) is 2.24. The lowest BCUT2D eigenvalue weighted by Crippen LogP contribution is -2.42. The zero-order chi connectivity index (χ0) is 10.4. The first-order chi connectivity index (χ1) is 7.25. The minimum Gasteiger partial charge on any atom is -0.360 e. The summed E-state index contributed by atoms with van der Waals surface area (Å²) in [6, 6.07) is 4.05. The average Bonchev–Trinajstić information content (AvgIpc) is 2.54. The lowest BCUT2D eigenvalue weighted by molar-refractivity contribution is 0.296. The topological polar surface area (TPSA) is 15.6 Å². The molecular weight excluding hydrogens is 272 g/mol. The Labute approximate surface area is 103 Å². The fourth-order valence-electron chi connectivity index (χ4n) is 1.98. The first-order valence-corrected chi connectivity index (χ1v) is 6.32. The zero-order valence-corrected chi connectivity index (χ0v) is 10.7. The third kappa shape index (κ3) is 1.51. The Morgan fingerprint density at radius 3 is 2.73 bits per heavy atom. The smallest absolute Gasteiger partial charge is 0.109 e. The van der Waals surface area contributed by atoms with Crippen LogP contribution in [0, 0.1) is 0 Å². The average molecular weight is 283 g/mol. The maximum atomic E-state index is 4.67. The van der Waals surface area contributed by atoms with Crippen LogP contribution in [0.4, 0.5) is 5.69 Å². The molecule has 78 valence electrons. The van der Waals surface area contributed by atoms with Crippen LogP contribution in [-0.2, 0) is 6.42 Å². The largest absolute Gasteiger partial charge is 0.360 e. The van der Waals surface area contributed by atoms with Crippen molar-refractivity contribution in [3.05, 3.63) is 22.2 Å². The maximum absolute atomic E-state index is 4.67. The first kappa shape index (κ1) is 9.73. The Bertz CT molecular complexity index is 452. The third-order valence-corrected chi connectivity index (χ3v) is 4.10. The number of likely N-dealkylation sites (tertiary alicyclic amines) is 1. The molecule has 2 heterocycles. The van der Waals surface area contributed by atoms with Crippen LogP contribution in [0.1, 0.15) is 12.0 Å². The van der Waals surface area contributed by atoms with Gasteiger partial charge in [-0.05, 0) is 18.6 Å². The molecule has 0 saturated carbocycles. The van der Waals surface area contributed by atoms with Crippen LogP contribution in [0.5, 0.6) is 0 Å². The summed E-state index contributed by atoms with van der Waals surface area (Å²) in [5.41, 5.74) is 2.33. The summed E-state index contributed by atoms with van der Waals surface area (Å²) in [4.78, 5) is 7.99. The van der Waals surface area contributed by atoms with Gasteiger partial charge in [0.1, 0.15) is 5.84 Å². The van der Waals surface area contributed by atoms with Gasteiger partial charge in [-0.1, -0.05) is 15.9 Å². The van der Waals surface area contributed by atoms with Crippen LogP contribution in [0.25, 0.3) is 0 Å². The Kier molecular flexibility index (Phi) is 2.29. The molecule has 0 spiro atoms. The molecule has 15 heavy (non-hydrogen) atoms. The lowest BCUT2D eigenvalue weighted by Gasteiger charge is -2.32. The maximum Gasteiger partial charge on any atom is 0.109 e. The highest BCUT2D eigenvalue weighted by Crippen LogP contribution is 2.38. The molecule has 0 N–H and O–H groups in total. The van der Waals surface area contributed by atoms with Crippen molar-refractivity contribution in [3.8, 4) is 0 Å². The van der Waals surface area contributed by atoms with Crippen molar-refractivity contribution in [2.75, 3.05) is 13.1 Å². The van der Waals surface area contributed by atoms with E-state index >= 15 is 0 Å². The Morgan fingerprint density at radius 2 is 2.13 bits per heavy atom. The molecule has 1 aromatic rings. The van der Waals surface area contributed by atoms with Crippen LogP contribution in [0.15, 0.2) is 26.5 Å². The van der Waals surface area contributed by atoms with E-state index in [2.05, 4.69) is 44.5 Å². The molecule has 0 bridgehead atoms. The second kappa shape index (κ2) is 3.52. The van der Waals surface area contributed by atoms with E-state index in [4.69, 9.17) is 0 Å². The molecule has 0 atom stereocenters. The van der Waals surface area contributed by atoms with Crippen molar-refractivity contribution in [2.24, 2.45) is 4.99 Å². The van der Waals surface area contributed by atoms with Crippen molar-refractivity contribution >= 4 is 40.1 Å². The number of benzene rings is 1. The van der Waals surface area contributed by atoms with Gasteiger partial charge in [0.2, 0.25) is 0 Å². The molecule has 0 amide bonds. The molecule has 2 aliphatic rings. The van der Waals surface area contributed by atoms with Gasteiger partial charge in [0.15, 0.2) is 0 Å². The van der Waals surface area contributed by atoms with Gasteiger partial charge in [-0.15, -0.1) is 12.6 Å². The highest BCUT2D eigenvalue weighted by molar-refractivity contribution is 9.10. The van der Waals surface area contributed by atoms with E-state index in [1.807, 2.05) is 6.07 Å². The SMILES string of the molecule is Sc1ccc(Br)c2c1N=C(N1CCC1)C2. The van der Waals surface area contributed by atoms with Gasteiger partial charge in [-0.2, -0.15) is 0 Å². The predicted octanol–water partition coefficient (Wildman–Crippen LogP) is 3.03. The van der Waals surface area contributed by atoms with Gasteiger partial charge in [0, 0.05) is 34.4 Å². The van der Waals surface area contributed by atoms with Crippen LogP contribution >= 0.6 is 28.6 Å². The molecular formula is C11H11BrN2S. The van der Waals surface area contributed by atoms with Crippen molar-refractivity contribution in [2.45, 2.75) is 17.7 Å². The number of halogens is 1. The molecule has 1 fully saturated rings. The van der Waals surface area contributed by atoms with Gasteiger partial charge < -0.3 is 4.90 Å². The van der Waals surface area contributed by atoms with Crippen molar-refractivity contribution < 1.29 is 0 Å². The molecule has 1 aromatic carbocycles. The summed E-state index contributed by atoms with van der Waals surface area (Å²) in [5.74, 6) is 1.21. The number of rotatable bonds is 0. The van der Waals surface area contributed by atoms with E-state index < -0.39 is 0 Å². The first-order valence-electron chi connectivity index (χ1n) is 5.08. The monoisotopic (exact) mass is 282 g/mol. The van der Waals surface area contributed by atoms with Crippen molar-refractivity contribution in [1.82, 2.24) is 4.90 Å². The van der Waals surface area contributed by atoms with Crippen molar-refractivity contribution in [1.29, 1.82) is 0 Å².